The van der Waals surface area contributed by atoms with Gasteiger partial charge in [0.1, 0.15) is 12.1 Å². The summed E-state index contributed by atoms with van der Waals surface area (Å²) in [6.45, 7) is 0. The maximum atomic E-state index is 12.3. The van der Waals surface area contributed by atoms with Crippen LogP contribution in [-0.4, -0.2) is 21.3 Å². The summed E-state index contributed by atoms with van der Waals surface area (Å²) in [5.74, 6) is -0.678. The molecule has 0 radical (unpaired) electrons. The number of rotatable bonds is 8. The lowest BCUT2D eigenvalue weighted by Crippen LogP contribution is -2.17. The van der Waals surface area contributed by atoms with Gasteiger partial charge in [0.05, 0.1) is 16.3 Å². The summed E-state index contributed by atoms with van der Waals surface area (Å²) < 4.78 is 40.8. The second-order valence-corrected chi connectivity index (χ2v) is 7.08. The van der Waals surface area contributed by atoms with Gasteiger partial charge in [-0.15, -0.1) is 13.2 Å². The van der Waals surface area contributed by atoms with Crippen molar-refractivity contribution in [2.75, 3.05) is 10.6 Å². The Morgan fingerprint density at radius 2 is 1.28 bits per heavy atom. The summed E-state index contributed by atoms with van der Waals surface area (Å²) in [6.07, 6.45) is -3.72. The highest BCUT2D eigenvalue weighted by Crippen LogP contribution is 2.34. The molecule has 0 aliphatic carbocycles. The minimum absolute atomic E-state index is 0.0896. The van der Waals surface area contributed by atoms with Crippen molar-refractivity contribution in [3.63, 3.8) is 0 Å². The van der Waals surface area contributed by atoms with Gasteiger partial charge in [-0.3, -0.25) is 10.1 Å². The van der Waals surface area contributed by atoms with E-state index in [0.29, 0.717) is 17.1 Å². The van der Waals surface area contributed by atoms with E-state index in [1.54, 1.807) is 24.3 Å². The third kappa shape index (κ3) is 6.50. The fourth-order valence-corrected chi connectivity index (χ4v) is 2.97. The first kappa shape index (κ1) is 24.1. The number of benzene rings is 3. The predicted octanol–water partition coefficient (Wildman–Crippen LogP) is 7.19. The Balaban J connectivity index is 1.50. The van der Waals surface area contributed by atoms with Gasteiger partial charge in [-0.2, -0.15) is 10.2 Å². The van der Waals surface area contributed by atoms with E-state index in [1.165, 1.54) is 12.1 Å². The summed E-state index contributed by atoms with van der Waals surface area (Å²) in [4.78, 5) is 19.0. The average molecular weight is 495 g/mol. The molecule has 4 aromatic rings. The Labute approximate surface area is 201 Å². The zero-order valence-corrected chi connectivity index (χ0v) is 18.2. The molecule has 0 atom stereocenters. The van der Waals surface area contributed by atoms with E-state index in [0.717, 1.165) is 18.5 Å². The lowest BCUT2D eigenvalue weighted by atomic mass is 10.2. The van der Waals surface area contributed by atoms with Crippen molar-refractivity contribution in [3.8, 4) is 5.75 Å². The lowest BCUT2D eigenvalue weighted by molar-refractivity contribution is -0.383. The Hall–Kier alpha value is -5.07. The number of anilines is 4. The molecule has 0 aliphatic rings. The van der Waals surface area contributed by atoms with Crippen LogP contribution < -0.4 is 15.4 Å². The zero-order chi connectivity index (χ0) is 25.5. The van der Waals surface area contributed by atoms with Crippen LogP contribution >= 0.6 is 0 Å². The van der Waals surface area contributed by atoms with Gasteiger partial charge >= 0.3 is 12.0 Å². The molecule has 3 aromatic carbocycles. The molecule has 10 nitrogen and oxygen atoms in total. The highest BCUT2D eigenvalue weighted by atomic mass is 19.4. The summed E-state index contributed by atoms with van der Waals surface area (Å²) in [7, 11) is 0. The maximum absolute atomic E-state index is 12.3. The summed E-state index contributed by atoms with van der Waals surface area (Å²) in [6, 6.07) is 20.5. The van der Waals surface area contributed by atoms with E-state index in [-0.39, 0.29) is 17.3 Å². The second kappa shape index (κ2) is 10.5. The van der Waals surface area contributed by atoms with Crippen LogP contribution in [0.4, 0.5) is 53.2 Å². The van der Waals surface area contributed by atoms with Crippen LogP contribution in [0.1, 0.15) is 0 Å². The fourth-order valence-electron chi connectivity index (χ4n) is 2.97. The molecule has 0 saturated carbocycles. The van der Waals surface area contributed by atoms with Crippen LogP contribution in [0.3, 0.4) is 0 Å². The molecule has 4 rings (SSSR count). The second-order valence-electron chi connectivity index (χ2n) is 7.08. The first-order valence-electron chi connectivity index (χ1n) is 10.2. The normalized spacial score (nSPS) is 11.3. The van der Waals surface area contributed by atoms with E-state index in [1.807, 2.05) is 30.3 Å². The van der Waals surface area contributed by atoms with Crippen molar-refractivity contribution < 1.29 is 22.8 Å². The Kier molecular flexibility index (Phi) is 6.99. The maximum Gasteiger partial charge on any atom is 0.573 e. The highest BCUT2D eigenvalue weighted by Gasteiger charge is 2.31. The highest BCUT2D eigenvalue weighted by molar-refractivity contribution is 5.77. The summed E-state index contributed by atoms with van der Waals surface area (Å²) in [5.41, 5.74) is 1.56. The topological polar surface area (TPSA) is 127 Å². The van der Waals surface area contributed by atoms with Crippen molar-refractivity contribution in [2.24, 2.45) is 10.2 Å². The number of hydrogen-bond acceptors (Lipinski definition) is 9. The molecule has 0 spiro atoms. The average Bonchev–Trinajstić information content (AvgIpc) is 2.84. The number of ether oxygens (including phenoxy) is 1. The molecule has 0 fully saturated rings. The van der Waals surface area contributed by atoms with Crippen molar-refractivity contribution in [2.45, 2.75) is 6.36 Å². The first-order valence-corrected chi connectivity index (χ1v) is 10.2. The van der Waals surface area contributed by atoms with Gasteiger partial charge in [-0.1, -0.05) is 18.2 Å². The van der Waals surface area contributed by atoms with E-state index in [9.17, 15) is 23.3 Å². The smallest absolute Gasteiger partial charge is 0.406 e. The number of azo groups is 1. The summed E-state index contributed by atoms with van der Waals surface area (Å²) in [5, 5.41) is 25.6. The number of alkyl halides is 3. The molecular formula is C23H16F3N7O3. The van der Waals surface area contributed by atoms with Crippen molar-refractivity contribution in [1.29, 1.82) is 0 Å². The minimum Gasteiger partial charge on any atom is -0.406 e. The van der Waals surface area contributed by atoms with Crippen LogP contribution in [-0.2, 0) is 0 Å². The Bertz CT molecular complexity index is 1360. The number of nitro groups is 1. The lowest BCUT2D eigenvalue weighted by Gasteiger charge is -2.11. The van der Waals surface area contributed by atoms with Crippen molar-refractivity contribution in [1.82, 2.24) is 9.97 Å². The van der Waals surface area contributed by atoms with Gasteiger partial charge in [0.15, 0.2) is 0 Å². The van der Waals surface area contributed by atoms with Crippen LogP contribution in [0, 0.1) is 10.1 Å². The van der Waals surface area contributed by atoms with Gasteiger partial charge in [-0.05, 0) is 60.7 Å². The molecule has 1 aromatic heterocycles. The van der Waals surface area contributed by atoms with E-state index in [2.05, 4.69) is 35.6 Å². The van der Waals surface area contributed by atoms with Gasteiger partial charge < -0.3 is 15.4 Å². The number of aromatic nitrogens is 2. The molecule has 36 heavy (non-hydrogen) atoms. The third-order valence-electron chi connectivity index (χ3n) is 4.52. The van der Waals surface area contributed by atoms with Crippen LogP contribution in [0.2, 0.25) is 0 Å². The van der Waals surface area contributed by atoms with E-state index >= 15 is 0 Å². The van der Waals surface area contributed by atoms with Crippen molar-refractivity contribution >= 4 is 40.1 Å². The molecule has 182 valence electrons. The Morgan fingerprint density at radius 1 is 0.778 bits per heavy atom. The van der Waals surface area contributed by atoms with Crippen LogP contribution in [0.15, 0.2) is 95.4 Å². The van der Waals surface area contributed by atoms with E-state index in [4.69, 9.17) is 0 Å². The number of halogens is 3. The molecular weight excluding hydrogens is 479 g/mol. The van der Waals surface area contributed by atoms with Gasteiger partial charge in [-0.25, -0.2) is 9.97 Å². The molecule has 0 saturated heterocycles. The molecule has 1 heterocycles. The standard InChI is InChI=1S/C23H16F3N7O3/c24-23(25,26)36-19-12-10-16(11-13-19)30-22-20(33(34)35)21(27-14-28-22)29-15-6-8-18(9-7-15)32-31-17-4-2-1-3-5-17/h1-14H,(H2,27,28,29,30). The minimum atomic E-state index is -4.83. The molecule has 13 heteroatoms. The van der Waals surface area contributed by atoms with Crippen LogP contribution in [0.25, 0.3) is 0 Å². The Morgan fingerprint density at radius 3 is 1.78 bits per heavy atom. The third-order valence-corrected chi connectivity index (χ3v) is 4.52. The molecule has 2 N–H and O–H groups in total. The van der Waals surface area contributed by atoms with Crippen LogP contribution in [0.5, 0.6) is 5.75 Å². The quantitative estimate of drug-likeness (QED) is 0.150. The molecule has 0 bridgehead atoms. The molecule has 0 unspecified atom stereocenters. The number of hydrogen-bond donors (Lipinski definition) is 2. The number of nitrogens with zero attached hydrogens (tertiary/aromatic N) is 5. The molecule has 0 amide bonds. The SMILES string of the molecule is O=[N+]([O-])c1c(Nc2ccc(N=Nc3ccccc3)cc2)ncnc1Nc1ccc(OC(F)(F)F)cc1. The predicted molar refractivity (Wildman–Crippen MR) is 125 cm³/mol. The van der Waals surface area contributed by atoms with Crippen molar-refractivity contribution in [3.05, 3.63) is 95.3 Å². The van der Waals surface area contributed by atoms with Gasteiger partial charge in [0.2, 0.25) is 11.6 Å². The largest absolute Gasteiger partial charge is 0.573 e. The fraction of sp³-hybridized carbons (Fsp3) is 0.0435. The van der Waals surface area contributed by atoms with E-state index < -0.39 is 22.7 Å². The monoisotopic (exact) mass is 495 g/mol. The van der Waals surface area contributed by atoms with Gasteiger partial charge in [0, 0.05) is 11.4 Å². The van der Waals surface area contributed by atoms with Gasteiger partial charge in [0.25, 0.3) is 0 Å². The summed E-state index contributed by atoms with van der Waals surface area (Å²) >= 11 is 0. The first-order chi connectivity index (χ1) is 17.3. The zero-order valence-electron chi connectivity index (χ0n) is 18.2. The number of nitrogens with one attached hydrogen (secondary N) is 2. The molecule has 0 aliphatic heterocycles.